The number of hydrogen-bond donors (Lipinski definition) is 2. The number of nitrogens with one attached hydrogen (secondary N) is 1. The number of benzene rings is 1. The number of hydrogen-bond acceptors (Lipinski definition) is 2. The molecule has 0 fully saturated rings. The summed E-state index contributed by atoms with van der Waals surface area (Å²) in [6, 6.07) is 4.29. The molecule has 0 heterocycles. The lowest BCUT2D eigenvalue weighted by Gasteiger charge is -2.14. The molecule has 1 aromatic rings. The van der Waals surface area contributed by atoms with Crippen LogP contribution in [0.5, 0.6) is 0 Å². The SMILES string of the molecule is C=CCC[C@@H](NC(=O)c1ccc(F)cc1)C(N)=O. The van der Waals surface area contributed by atoms with Crippen LogP contribution in [-0.2, 0) is 4.79 Å². The Morgan fingerprint density at radius 1 is 1.39 bits per heavy atom. The average molecular weight is 250 g/mol. The van der Waals surface area contributed by atoms with E-state index in [0.717, 1.165) is 0 Å². The molecule has 2 amide bonds. The zero-order valence-corrected chi connectivity index (χ0v) is 9.86. The van der Waals surface area contributed by atoms with E-state index in [-0.39, 0.29) is 5.56 Å². The number of nitrogens with two attached hydrogens (primary N) is 1. The van der Waals surface area contributed by atoms with Crippen molar-refractivity contribution in [2.45, 2.75) is 18.9 Å². The number of allylic oxidation sites excluding steroid dienone is 1. The first kappa shape index (κ1) is 13.9. The van der Waals surface area contributed by atoms with Crippen molar-refractivity contribution in [2.75, 3.05) is 0 Å². The second-order valence-electron chi connectivity index (χ2n) is 3.80. The van der Waals surface area contributed by atoms with E-state index in [1.165, 1.54) is 24.3 Å². The number of carbonyl (C=O) groups excluding carboxylic acids is 2. The summed E-state index contributed by atoms with van der Waals surface area (Å²) < 4.78 is 12.7. The molecule has 18 heavy (non-hydrogen) atoms. The van der Waals surface area contributed by atoms with E-state index in [1.807, 2.05) is 0 Å². The minimum atomic E-state index is -0.749. The van der Waals surface area contributed by atoms with Crippen molar-refractivity contribution < 1.29 is 14.0 Å². The van der Waals surface area contributed by atoms with Gasteiger partial charge in [-0.15, -0.1) is 6.58 Å². The van der Waals surface area contributed by atoms with Gasteiger partial charge in [0.25, 0.3) is 5.91 Å². The first-order valence-electron chi connectivity index (χ1n) is 5.51. The van der Waals surface area contributed by atoms with Gasteiger partial charge in [-0.3, -0.25) is 9.59 Å². The molecule has 96 valence electrons. The van der Waals surface area contributed by atoms with Gasteiger partial charge in [-0.1, -0.05) is 6.08 Å². The van der Waals surface area contributed by atoms with Crippen LogP contribution in [0.3, 0.4) is 0 Å². The van der Waals surface area contributed by atoms with Crippen LogP contribution in [0.4, 0.5) is 4.39 Å². The Morgan fingerprint density at radius 3 is 2.50 bits per heavy atom. The highest BCUT2D eigenvalue weighted by Gasteiger charge is 2.17. The quantitative estimate of drug-likeness (QED) is 0.748. The third-order valence-corrected chi connectivity index (χ3v) is 2.41. The third-order valence-electron chi connectivity index (χ3n) is 2.41. The minimum Gasteiger partial charge on any atom is -0.368 e. The van der Waals surface area contributed by atoms with Crippen LogP contribution in [0.25, 0.3) is 0 Å². The van der Waals surface area contributed by atoms with Crippen LogP contribution in [0.1, 0.15) is 23.2 Å². The molecule has 0 radical (unpaired) electrons. The standard InChI is InChI=1S/C13H15FN2O2/c1-2-3-4-11(12(15)17)16-13(18)9-5-7-10(14)8-6-9/h2,5-8,11H,1,3-4H2,(H2,15,17)(H,16,18)/t11-/m1/s1. The van der Waals surface area contributed by atoms with Gasteiger partial charge in [-0.2, -0.15) is 0 Å². The highest BCUT2D eigenvalue weighted by Crippen LogP contribution is 2.04. The van der Waals surface area contributed by atoms with E-state index in [9.17, 15) is 14.0 Å². The predicted octanol–water partition coefficient (Wildman–Crippen LogP) is 1.38. The van der Waals surface area contributed by atoms with Crippen LogP contribution >= 0.6 is 0 Å². The third kappa shape index (κ3) is 4.01. The van der Waals surface area contributed by atoms with Gasteiger partial charge in [0.2, 0.25) is 5.91 Å². The number of rotatable bonds is 6. The molecule has 1 atom stereocenters. The lowest BCUT2D eigenvalue weighted by atomic mass is 10.1. The van der Waals surface area contributed by atoms with Gasteiger partial charge in [-0.25, -0.2) is 4.39 Å². The fourth-order valence-electron chi connectivity index (χ4n) is 1.41. The van der Waals surface area contributed by atoms with E-state index in [0.29, 0.717) is 12.8 Å². The normalized spacial score (nSPS) is 11.6. The summed E-state index contributed by atoms with van der Waals surface area (Å²) in [6.45, 7) is 3.53. The van der Waals surface area contributed by atoms with Gasteiger partial charge in [0, 0.05) is 5.56 Å². The molecule has 0 spiro atoms. The van der Waals surface area contributed by atoms with Crippen molar-refractivity contribution >= 4 is 11.8 Å². The summed E-state index contributed by atoms with van der Waals surface area (Å²) in [5.41, 5.74) is 5.46. The minimum absolute atomic E-state index is 0.279. The number of primary amides is 1. The Morgan fingerprint density at radius 2 is 2.00 bits per heavy atom. The molecule has 0 saturated carbocycles. The second-order valence-corrected chi connectivity index (χ2v) is 3.80. The van der Waals surface area contributed by atoms with E-state index in [1.54, 1.807) is 6.08 Å². The summed E-state index contributed by atoms with van der Waals surface area (Å²) >= 11 is 0. The van der Waals surface area contributed by atoms with Crippen molar-refractivity contribution in [3.8, 4) is 0 Å². The van der Waals surface area contributed by atoms with Crippen LogP contribution in [0.2, 0.25) is 0 Å². The van der Waals surface area contributed by atoms with Gasteiger partial charge in [0.15, 0.2) is 0 Å². The highest BCUT2D eigenvalue weighted by molar-refractivity contribution is 5.97. The summed E-state index contributed by atoms with van der Waals surface area (Å²) in [5.74, 6) is -1.49. The maximum Gasteiger partial charge on any atom is 0.251 e. The van der Waals surface area contributed by atoms with Gasteiger partial charge < -0.3 is 11.1 Å². The zero-order chi connectivity index (χ0) is 13.5. The van der Waals surface area contributed by atoms with Crippen LogP contribution in [0.15, 0.2) is 36.9 Å². The van der Waals surface area contributed by atoms with E-state index in [4.69, 9.17) is 5.73 Å². The maximum absolute atomic E-state index is 12.7. The summed E-state index contributed by atoms with van der Waals surface area (Å²) in [4.78, 5) is 22.9. The summed E-state index contributed by atoms with van der Waals surface area (Å²) in [5, 5.41) is 2.50. The predicted molar refractivity (Wildman–Crippen MR) is 66.3 cm³/mol. The number of halogens is 1. The Balaban J connectivity index is 2.68. The van der Waals surface area contributed by atoms with Crippen LogP contribution < -0.4 is 11.1 Å². The molecule has 4 nitrogen and oxygen atoms in total. The molecule has 0 aliphatic heterocycles. The molecular weight excluding hydrogens is 235 g/mol. The average Bonchev–Trinajstić information content (AvgIpc) is 2.34. The van der Waals surface area contributed by atoms with Gasteiger partial charge in [0.1, 0.15) is 11.9 Å². The largest absolute Gasteiger partial charge is 0.368 e. The van der Waals surface area contributed by atoms with Crippen molar-refractivity contribution in [3.05, 3.63) is 48.3 Å². The smallest absolute Gasteiger partial charge is 0.251 e. The van der Waals surface area contributed by atoms with Gasteiger partial charge in [0.05, 0.1) is 0 Å². The van der Waals surface area contributed by atoms with Crippen molar-refractivity contribution in [1.82, 2.24) is 5.32 Å². The molecule has 0 aliphatic carbocycles. The monoisotopic (exact) mass is 250 g/mol. The molecule has 1 aromatic carbocycles. The lowest BCUT2D eigenvalue weighted by molar-refractivity contribution is -0.119. The van der Waals surface area contributed by atoms with E-state index < -0.39 is 23.7 Å². The molecule has 0 bridgehead atoms. The topological polar surface area (TPSA) is 72.2 Å². The van der Waals surface area contributed by atoms with Crippen molar-refractivity contribution in [3.63, 3.8) is 0 Å². The second kappa shape index (κ2) is 6.54. The zero-order valence-electron chi connectivity index (χ0n) is 9.86. The Labute approximate surface area is 105 Å². The summed E-state index contributed by atoms with van der Waals surface area (Å²) in [6.07, 6.45) is 2.60. The first-order valence-corrected chi connectivity index (χ1v) is 5.51. The number of carbonyl (C=O) groups is 2. The maximum atomic E-state index is 12.7. The van der Waals surface area contributed by atoms with E-state index in [2.05, 4.69) is 11.9 Å². The number of amides is 2. The molecule has 3 N–H and O–H groups in total. The Kier molecular flexibility index (Phi) is 5.05. The van der Waals surface area contributed by atoms with Crippen molar-refractivity contribution in [2.24, 2.45) is 5.73 Å². The molecular formula is C13H15FN2O2. The first-order chi connectivity index (χ1) is 8.54. The molecule has 0 aromatic heterocycles. The molecule has 0 aliphatic rings. The molecule has 1 rings (SSSR count). The fraction of sp³-hybridized carbons (Fsp3) is 0.231. The van der Waals surface area contributed by atoms with Crippen molar-refractivity contribution in [1.29, 1.82) is 0 Å². The van der Waals surface area contributed by atoms with E-state index >= 15 is 0 Å². The molecule has 5 heteroatoms. The Bertz CT molecular complexity index is 443. The van der Waals surface area contributed by atoms with Crippen LogP contribution in [-0.4, -0.2) is 17.9 Å². The highest BCUT2D eigenvalue weighted by atomic mass is 19.1. The van der Waals surface area contributed by atoms with Gasteiger partial charge in [-0.05, 0) is 37.1 Å². The van der Waals surface area contributed by atoms with Gasteiger partial charge >= 0.3 is 0 Å². The lowest BCUT2D eigenvalue weighted by Crippen LogP contribution is -2.44. The molecule has 0 unspecified atom stereocenters. The Hall–Kier alpha value is -2.17. The fourth-order valence-corrected chi connectivity index (χ4v) is 1.41. The molecule has 0 saturated heterocycles. The summed E-state index contributed by atoms with van der Waals surface area (Å²) in [7, 11) is 0. The van der Waals surface area contributed by atoms with Crippen LogP contribution in [0, 0.1) is 5.82 Å².